The second-order valence-corrected chi connectivity index (χ2v) is 3.76. The molecular formula is C14H22N4. The van der Waals surface area contributed by atoms with Gasteiger partial charge >= 0.3 is 0 Å². The van der Waals surface area contributed by atoms with E-state index < -0.39 is 0 Å². The molecule has 0 atom stereocenters. The van der Waals surface area contributed by atoms with Crippen molar-refractivity contribution in [3.63, 3.8) is 0 Å². The Hall–Kier alpha value is -1.94. The molecule has 0 bridgehead atoms. The van der Waals surface area contributed by atoms with Gasteiger partial charge in [0.15, 0.2) is 0 Å². The van der Waals surface area contributed by atoms with E-state index >= 15 is 0 Å². The van der Waals surface area contributed by atoms with E-state index in [0.29, 0.717) is 0 Å². The Balaban J connectivity index is 2.88. The summed E-state index contributed by atoms with van der Waals surface area (Å²) in [7, 11) is 3.74. The van der Waals surface area contributed by atoms with Crippen LogP contribution in [0.5, 0.6) is 0 Å². The zero-order chi connectivity index (χ0) is 13.2. The van der Waals surface area contributed by atoms with E-state index in [0.717, 1.165) is 23.4 Å². The van der Waals surface area contributed by atoms with E-state index in [4.69, 9.17) is 0 Å². The van der Waals surface area contributed by atoms with Crippen LogP contribution in [0.4, 0.5) is 5.69 Å². The molecule has 0 saturated carbocycles. The number of benzene rings is 1. The number of anilines is 1. The largest absolute Gasteiger partial charge is 0.392 e. The molecule has 4 nitrogen and oxygen atoms in total. The summed E-state index contributed by atoms with van der Waals surface area (Å²) < 4.78 is 0. The van der Waals surface area contributed by atoms with Crippen LogP contribution in [0.1, 0.15) is 18.9 Å². The smallest absolute Gasteiger partial charge is 0.0613 e. The number of nitrogens with one attached hydrogen (secondary N) is 4. The Morgan fingerprint density at radius 3 is 2.78 bits per heavy atom. The lowest BCUT2D eigenvalue weighted by molar-refractivity contribution is 0.983. The highest BCUT2D eigenvalue weighted by atomic mass is 15.3. The minimum absolute atomic E-state index is 1.02. The van der Waals surface area contributed by atoms with Crippen molar-refractivity contribution in [2.75, 3.05) is 19.5 Å². The van der Waals surface area contributed by atoms with Crippen molar-refractivity contribution < 1.29 is 0 Å². The first-order chi connectivity index (χ1) is 8.81. The monoisotopic (exact) mass is 246 g/mol. The summed E-state index contributed by atoms with van der Waals surface area (Å²) in [6, 6.07) is 8.17. The maximum atomic E-state index is 3.28. The number of rotatable bonds is 7. The normalized spacial score (nSPS) is 11.6. The molecule has 0 fully saturated rings. The van der Waals surface area contributed by atoms with Crippen molar-refractivity contribution >= 4 is 11.4 Å². The van der Waals surface area contributed by atoms with E-state index in [2.05, 4.69) is 46.6 Å². The standard InChI is InChI=1S/C14H22N4/c1-4-5-9-17-14(11-15-2)12-7-6-8-13(10-12)18-16-3/h5-11,15-18H,4H2,1-3H3/b9-5-,14-11-. The first kappa shape index (κ1) is 14.1. The maximum Gasteiger partial charge on any atom is 0.0613 e. The summed E-state index contributed by atoms with van der Waals surface area (Å²) in [5.41, 5.74) is 9.16. The summed E-state index contributed by atoms with van der Waals surface area (Å²) in [6.45, 7) is 2.11. The third kappa shape index (κ3) is 4.51. The topological polar surface area (TPSA) is 48.1 Å². The molecule has 1 aromatic carbocycles. The molecule has 0 saturated heterocycles. The number of hydrogen-bond donors (Lipinski definition) is 4. The fraction of sp³-hybridized carbons (Fsp3) is 0.286. The van der Waals surface area contributed by atoms with Crippen LogP contribution in [-0.2, 0) is 0 Å². The Morgan fingerprint density at radius 2 is 2.11 bits per heavy atom. The quantitative estimate of drug-likeness (QED) is 0.557. The molecule has 0 spiro atoms. The molecule has 0 unspecified atom stereocenters. The van der Waals surface area contributed by atoms with E-state index in [1.54, 1.807) is 0 Å². The predicted octanol–water partition coefficient (Wildman–Crippen LogP) is 2.26. The molecule has 4 heteroatoms. The molecule has 0 aliphatic rings. The molecule has 1 rings (SSSR count). The van der Waals surface area contributed by atoms with Crippen molar-refractivity contribution in [2.24, 2.45) is 0 Å². The van der Waals surface area contributed by atoms with Crippen molar-refractivity contribution in [1.82, 2.24) is 16.1 Å². The molecule has 1 aromatic rings. The van der Waals surface area contributed by atoms with Crippen molar-refractivity contribution in [2.45, 2.75) is 13.3 Å². The van der Waals surface area contributed by atoms with Gasteiger partial charge in [-0.1, -0.05) is 25.1 Å². The van der Waals surface area contributed by atoms with Crippen LogP contribution < -0.4 is 21.5 Å². The SMILES string of the molecule is CC/C=C\N/C(=C\NC)c1cccc(NNC)c1. The van der Waals surface area contributed by atoms with Crippen molar-refractivity contribution in [3.05, 3.63) is 48.3 Å². The number of hydrazine groups is 1. The first-order valence-electron chi connectivity index (χ1n) is 6.14. The van der Waals surface area contributed by atoms with Gasteiger partial charge in [-0.3, -0.25) is 0 Å². The third-order valence-corrected chi connectivity index (χ3v) is 2.32. The van der Waals surface area contributed by atoms with Crippen LogP contribution >= 0.6 is 0 Å². The van der Waals surface area contributed by atoms with Gasteiger partial charge in [-0.15, -0.1) is 0 Å². The molecule has 18 heavy (non-hydrogen) atoms. The summed E-state index contributed by atoms with van der Waals surface area (Å²) in [5, 5.41) is 6.33. The average molecular weight is 246 g/mol. The lowest BCUT2D eigenvalue weighted by Gasteiger charge is -2.10. The van der Waals surface area contributed by atoms with E-state index in [1.807, 2.05) is 38.6 Å². The molecule has 0 aliphatic carbocycles. The second-order valence-electron chi connectivity index (χ2n) is 3.76. The summed E-state index contributed by atoms with van der Waals surface area (Å²) >= 11 is 0. The fourth-order valence-corrected chi connectivity index (χ4v) is 1.53. The summed E-state index contributed by atoms with van der Waals surface area (Å²) in [6.07, 6.45) is 7.00. The maximum absolute atomic E-state index is 3.28. The molecule has 0 aliphatic heterocycles. The predicted molar refractivity (Wildman–Crippen MR) is 78.7 cm³/mol. The lowest BCUT2D eigenvalue weighted by Crippen LogP contribution is -2.15. The molecule has 4 N–H and O–H groups in total. The van der Waals surface area contributed by atoms with Crippen LogP contribution in [-0.4, -0.2) is 14.1 Å². The van der Waals surface area contributed by atoms with Crippen LogP contribution in [0.3, 0.4) is 0 Å². The molecular weight excluding hydrogens is 224 g/mol. The van der Waals surface area contributed by atoms with Gasteiger partial charge < -0.3 is 16.1 Å². The minimum atomic E-state index is 1.02. The average Bonchev–Trinajstić information content (AvgIpc) is 2.39. The Kier molecular flexibility index (Phi) is 6.43. The molecule has 0 radical (unpaired) electrons. The van der Waals surface area contributed by atoms with Gasteiger partial charge in [-0.2, -0.15) is 0 Å². The van der Waals surface area contributed by atoms with Gasteiger partial charge in [-0.05, 0) is 24.8 Å². The molecule has 0 amide bonds. The van der Waals surface area contributed by atoms with E-state index in [9.17, 15) is 0 Å². The van der Waals surface area contributed by atoms with Crippen LogP contribution in [0, 0.1) is 0 Å². The highest BCUT2D eigenvalue weighted by molar-refractivity contribution is 5.67. The lowest BCUT2D eigenvalue weighted by atomic mass is 10.1. The second kappa shape index (κ2) is 8.20. The van der Waals surface area contributed by atoms with Crippen LogP contribution in [0.25, 0.3) is 5.70 Å². The van der Waals surface area contributed by atoms with Gasteiger partial charge in [0.2, 0.25) is 0 Å². The van der Waals surface area contributed by atoms with Gasteiger partial charge in [0, 0.05) is 31.5 Å². The van der Waals surface area contributed by atoms with Crippen molar-refractivity contribution in [1.29, 1.82) is 0 Å². The first-order valence-corrected chi connectivity index (χ1v) is 6.14. The Bertz CT molecular complexity index is 410. The summed E-state index contributed by atoms with van der Waals surface area (Å²) in [5.74, 6) is 0. The zero-order valence-corrected chi connectivity index (χ0v) is 11.2. The Labute approximate surface area is 109 Å². The van der Waals surface area contributed by atoms with E-state index in [-0.39, 0.29) is 0 Å². The third-order valence-electron chi connectivity index (χ3n) is 2.32. The minimum Gasteiger partial charge on any atom is -0.392 e. The van der Waals surface area contributed by atoms with Crippen LogP contribution in [0.2, 0.25) is 0 Å². The van der Waals surface area contributed by atoms with Gasteiger partial charge in [0.05, 0.1) is 5.70 Å². The van der Waals surface area contributed by atoms with Gasteiger partial charge in [-0.25, -0.2) is 5.43 Å². The van der Waals surface area contributed by atoms with Crippen molar-refractivity contribution in [3.8, 4) is 0 Å². The molecule has 0 aromatic heterocycles. The molecule has 0 heterocycles. The number of allylic oxidation sites excluding steroid dienone is 1. The fourth-order valence-electron chi connectivity index (χ4n) is 1.53. The van der Waals surface area contributed by atoms with Gasteiger partial charge in [0.1, 0.15) is 0 Å². The van der Waals surface area contributed by atoms with E-state index in [1.165, 1.54) is 0 Å². The highest BCUT2D eigenvalue weighted by Crippen LogP contribution is 2.16. The zero-order valence-electron chi connectivity index (χ0n) is 11.2. The van der Waals surface area contributed by atoms with Crippen LogP contribution in [0.15, 0.2) is 42.7 Å². The Morgan fingerprint density at radius 1 is 1.28 bits per heavy atom. The molecule has 98 valence electrons. The summed E-state index contributed by atoms with van der Waals surface area (Å²) in [4.78, 5) is 0. The highest BCUT2D eigenvalue weighted by Gasteiger charge is 2.00. The number of hydrogen-bond acceptors (Lipinski definition) is 4. The van der Waals surface area contributed by atoms with Gasteiger partial charge in [0.25, 0.3) is 0 Å².